The lowest BCUT2D eigenvalue weighted by Gasteiger charge is -2.04. The van der Waals surface area contributed by atoms with Crippen LogP contribution < -0.4 is 5.32 Å². The number of carbonyl (C=O) groups is 1. The van der Waals surface area contributed by atoms with Crippen molar-refractivity contribution in [2.24, 2.45) is 0 Å². The molecule has 0 aliphatic heterocycles. The molecule has 12 heavy (non-hydrogen) atoms. The van der Waals surface area contributed by atoms with Gasteiger partial charge in [0.25, 0.3) is 0 Å². The molecule has 1 rings (SSSR count). The van der Waals surface area contributed by atoms with Crippen molar-refractivity contribution in [3.8, 4) is 0 Å². The molecule has 2 nitrogen and oxygen atoms in total. The summed E-state index contributed by atoms with van der Waals surface area (Å²) in [4.78, 5) is 10.6. The van der Waals surface area contributed by atoms with Crippen molar-refractivity contribution < 1.29 is 9.18 Å². The summed E-state index contributed by atoms with van der Waals surface area (Å²) in [6, 6.07) is 4.57. The molecule has 0 aliphatic rings. The number of hydrogen-bond acceptors (Lipinski definition) is 1. The van der Waals surface area contributed by atoms with Gasteiger partial charge in [0.1, 0.15) is 5.82 Å². The molecule has 0 unspecified atom stereocenters. The topological polar surface area (TPSA) is 29.1 Å². The van der Waals surface area contributed by atoms with Crippen LogP contribution in [0.2, 0.25) is 0 Å². The second-order valence-corrected chi connectivity index (χ2v) is 3.36. The number of benzene rings is 1. The van der Waals surface area contributed by atoms with Crippen LogP contribution in [0.1, 0.15) is 6.92 Å². The van der Waals surface area contributed by atoms with Crippen LogP contribution in [0.15, 0.2) is 18.2 Å². The molecule has 1 aromatic rings. The van der Waals surface area contributed by atoms with E-state index in [-0.39, 0.29) is 11.7 Å². The normalized spacial score (nSPS) is 9.58. The van der Waals surface area contributed by atoms with E-state index in [9.17, 15) is 9.18 Å². The summed E-state index contributed by atoms with van der Waals surface area (Å²) >= 11 is 1.85. The van der Waals surface area contributed by atoms with Gasteiger partial charge in [0, 0.05) is 6.92 Å². The molecule has 0 aliphatic carbocycles. The van der Waals surface area contributed by atoms with Crippen LogP contribution >= 0.6 is 22.6 Å². The molecule has 0 saturated carbocycles. The minimum atomic E-state index is -0.318. The van der Waals surface area contributed by atoms with Crippen molar-refractivity contribution in [2.45, 2.75) is 6.92 Å². The molecule has 1 aromatic carbocycles. The van der Waals surface area contributed by atoms with Crippen LogP contribution in [0.4, 0.5) is 10.1 Å². The zero-order valence-electron chi connectivity index (χ0n) is 6.40. The minimum Gasteiger partial charge on any atom is -0.325 e. The first kappa shape index (κ1) is 9.44. The molecule has 64 valence electrons. The Morgan fingerprint density at radius 2 is 2.25 bits per heavy atom. The van der Waals surface area contributed by atoms with E-state index in [1.54, 1.807) is 12.1 Å². The van der Waals surface area contributed by atoms with Gasteiger partial charge in [0.2, 0.25) is 5.91 Å². The highest BCUT2D eigenvalue weighted by atomic mass is 127. The third kappa shape index (κ3) is 2.17. The third-order valence-electron chi connectivity index (χ3n) is 1.26. The Morgan fingerprint density at radius 3 is 2.83 bits per heavy atom. The Bertz CT molecular complexity index is 314. The quantitative estimate of drug-likeness (QED) is 0.786. The lowest BCUT2D eigenvalue weighted by Crippen LogP contribution is -2.07. The van der Waals surface area contributed by atoms with E-state index in [0.29, 0.717) is 9.26 Å². The van der Waals surface area contributed by atoms with Gasteiger partial charge in [-0.1, -0.05) is 6.07 Å². The molecule has 0 aromatic heterocycles. The molecule has 4 heteroatoms. The summed E-state index contributed by atoms with van der Waals surface area (Å²) in [6.07, 6.45) is 0. The first-order valence-corrected chi connectivity index (χ1v) is 4.40. The summed E-state index contributed by atoms with van der Waals surface area (Å²) < 4.78 is 13.3. The summed E-state index contributed by atoms with van der Waals surface area (Å²) in [5.74, 6) is -0.514. The van der Waals surface area contributed by atoms with Crippen molar-refractivity contribution in [3.05, 3.63) is 27.6 Å². The van der Waals surface area contributed by atoms with Gasteiger partial charge in [-0.15, -0.1) is 0 Å². The Kier molecular flexibility index (Phi) is 3.02. The van der Waals surface area contributed by atoms with Gasteiger partial charge in [-0.05, 0) is 34.7 Å². The monoisotopic (exact) mass is 279 g/mol. The van der Waals surface area contributed by atoms with Gasteiger partial charge >= 0.3 is 0 Å². The highest BCUT2D eigenvalue weighted by molar-refractivity contribution is 14.1. The third-order valence-corrected chi connectivity index (χ3v) is 2.36. The summed E-state index contributed by atoms with van der Waals surface area (Å²) in [5.41, 5.74) is 0.517. The molecule has 0 heterocycles. The van der Waals surface area contributed by atoms with E-state index in [0.717, 1.165) is 0 Å². The molecular formula is C8H7FINO. The van der Waals surface area contributed by atoms with Crippen molar-refractivity contribution in [1.82, 2.24) is 0 Å². The maximum absolute atomic E-state index is 12.9. The number of amides is 1. The number of nitrogens with one attached hydrogen (secondary N) is 1. The van der Waals surface area contributed by atoms with Gasteiger partial charge in [-0.3, -0.25) is 4.79 Å². The van der Waals surface area contributed by atoms with Crippen molar-refractivity contribution in [3.63, 3.8) is 0 Å². The van der Waals surface area contributed by atoms with Crippen LogP contribution in [0.25, 0.3) is 0 Å². The molecule has 0 fully saturated rings. The molecule has 0 bridgehead atoms. The number of rotatable bonds is 1. The highest BCUT2D eigenvalue weighted by Crippen LogP contribution is 2.20. The van der Waals surface area contributed by atoms with Gasteiger partial charge in [0.05, 0.1) is 9.26 Å². The Hall–Kier alpha value is -0.650. The average Bonchev–Trinajstić information content (AvgIpc) is 1.98. The Morgan fingerprint density at radius 1 is 1.58 bits per heavy atom. The smallest absolute Gasteiger partial charge is 0.221 e. The highest BCUT2D eigenvalue weighted by Gasteiger charge is 2.04. The molecule has 0 saturated heterocycles. The summed E-state index contributed by atoms with van der Waals surface area (Å²) in [6.45, 7) is 1.39. The van der Waals surface area contributed by atoms with Gasteiger partial charge < -0.3 is 5.32 Å². The van der Waals surface area contributed by atoms with Crippen molar-refractivity contribution >= 4 is 34.2 Å². The lowest BCUT2D eigenvalue weighted by molar-refractivity contribution is -0.114. The van der Waals surface area contributed by atoms with Crippen LogP contribution in [0, 0.1) is 9.39 Å². The van der Waals surface area contributed by atoms with Gasteiger partial charge in [-0.25, -0.2) is 4.39 Å². The van der Waals surface area contributed by atoms with E-state index in [1.807, 2.05) is 22.6 Å². The van der Waals surface area contributed by atoms with E-state index in [4.69, 9.17) is 0 Å². The van der Waals surface area contributed by atoms with E-state index >= 15 is 0 Å². The number of anilines is 1. The molecule has 1 N–H and O–H groups in total. The second kappa shape index (κ2) is 3.84. The number of halogens is 2. The predicted octanol–water partition coefficient (Wildman–Crippen LogP) is 2.39. The van der Waals surface area contributed by atoms with E-state index < -0.39 is 0 Å². The number of hydrogen-bond donors (Lipinski definition) is 1. The van der Waals surface area contributed by atoms with Crippen molar-refractivity contribution in [1.29, 1.82) is 0 Å². The zero-order valence-corrected chi connectivity index (χ0v) is 8.55. The largest absolute Gasteiger partial charge is 0.325 e. The van der Waals surface area contributed by atoms with Gasteiger partial charge in [0.15, 0.2) is 0 Å². The van der Waals surface area contributed by atoms with Gasteiger partial charge in [-0.2, -0.15) is 0 Å². The summed E-state index contributed by atoms with van der Waals surface area (Å²) in [7, 11) is 0. The first-order valence-electron chi connectivity index (χ1n) is 3.33. The minimum absolute atomic E-state index is 0.196. The second-order valence-electron chi connectivity index (χ2n) is 2.28. The molecule has 0 spiro atoms. The van der Waals surface area contributed by atoms with E-state index in [2.05, 4.69) is 5.32 Å². The van der Waals surface area contributed by atoms with Crippen molar-refractivity contribution in [2.75, 3.05) is 5.32 Å². The zero-order chi connectivity index (χ0) is 9.14. The van der Waals surface area contributed by atoms with E-state index in [1.165, 1.54) is 13.0 Å². The van der Waals surface area contributed by atoms with Crippen LogP contribution in [0.3, 0.4) is 0 Å². The molecule has 0 atom stereocenters. The fourth-order valence-corrected chi connectivity index (χ4v) is 1.28. The standard InChI is InChI=1S/C8H7FINO/c1-5(12)11-7-4-2-3-6(9)8(7)10/h2-4H,1H3,(H,11,12). The fourth-order valence-electron chi connectivity index (χ4n) is 0.790. The first-order chi connectivity index (χ1) is 5.61. The number of carbonyl (C=O) groups excluding carboxylic acids is 1. The average molecular weight is 279 g/mol. The lowest BCUT2D eigenvalue weighted by atomic mass is 10.3. The fraction of sp³-hybridized carbons (Fsp3) is 0.125. The van der Waals surface area contributed by atoms with Crippen LogP contribution in [-0.2, 0) is 4.79 Å². The maximum Gasteiger partial charge on any atom is 0.221 e. The SMILES string of the molecule is CC(=O)Nc1cccc(F)c1I. The van der Waals surface area contributed by atoms with Crippen LogP contribution in [0.5, 0.6) is 0 Å². The molecule has 1 amide bonds. The molecular weight excluding hydrogens is 272 g/mol. The van der Waals surface area contributed by atoms with Crippen LogP contribution in [-0.4, -0.2) is 5.91 Å². The molecule has 0 radical (unpaired) electrons. The summed E-state index contributed by atoms with van der Waals surface area (Å²) in [5, 5.41) is 2.53. The Labute approximate surface area is 83.3 Å². The maximum atomic E-state index is 12.9. The Balaban J connectivity index is 3.00. The predicted molar refractivity (Wildman–Crippen MR) is 53.4 cm³/mol.